The van der Waals surface area contributed by atoms with Crippen molar-refractivity contribution in [1.29, 1.82) is 0 Å². The van der Waals surface area contributed by atoms with E-state index in [0.717, 1.165) is 5.56 Å². The van der Waals surface area contributed by atoms with Crippen LogP contribution >= 0.6 is 11.6 Å². The van der Waals surface area contributed by atoms with Crippen molar-refractivity contribution in [2.45, 2.75) is 6.42 Å². The molecule has 16 heavy (non-hydrogen) atoms. The van der Waals surface area contributed by atoms with E-state index in [1.165, 1.54) is 0 Å². The minimum Gasteiger partial charge on any atom is -0.292 e. The fraction of sp³-hybridized carbons (Fsp3) is 0.0769. The highest BCUT2D eigenvalue weighted by atomic mass is 35.5. The van der Waals surface area contributed by atoms with E-state index in [2.05, 4.69) is 4.98 Å². The average Bonchev–Trinajstić information content (AvgIpc) is 2.30. The van der Waals surface area contributed by atoms with Gasteiger partial charge in [-0.3, -0.25) is 9.78 Å². The Labute approximate surface area is 98.9 Å². The number of hydrogen-bond acceptors (Lipinski definition) is 2. The van der Waals surface area contributed by atoms with Crippen LogP contribution in [0.4, 0.5) is 0 Å². The summed E-state index contributed by atoms with van der Waals surface area (Å²) in [5, 5.41) is 0.534. The Morgan fingerprint density at radius 3 is 2.62 bits per heavy atom. The zero-order chi connectivity index (χ0) is 11.4. The Morgan fingerprint density at radius 1 is 1.19 bits per heavy atom. The Bertz CT molecular complexity index is 496. The molecule has 1 aromatic heterocycles. The summed E-state index contributed by atoms with van der Waals surface area (Å²) in [6.45, 7) is 0. The monoisotopic (exact) mass is 231 g/mol. The van der Waals surface area contributed by atoms with E-state index in [1.54, 1.807) is 18.3 Å². The molecule has 0 bridgehead atoms. The first-order chi connectivity index (χ1) is 7.75. The van der Waals surface area contributed by atoms with Gasteiger partial charge < -0.3 is 0 Å². The van der Waals surface area contributed by atoms with Crippen LogP contribution in [0.15, 0.2) is 48.7 Å². The molecule has 0 unspecified atom stereocenters. The molecule has 1 aromatic carbocycles. The lowest BCUT2D eigenvalue weighted by atomic mass is 10.1. The van der Waals surface area contributed by atoms with Gasteiger partial charge in [0.2, 0.25) is 0 Å². The maximum Gasteiger partial charge on any atom is 0.185 e. The van der Waals surface area contributed by atoms with Crippen molar-refractivity contribution in [1.82, 2.24) is 4.98 Å². The van der Waals surface area contributed by atoms with Crippen LogP contribution in [0.1, 0.15) is 16.1 Å². The molecule has 0 aliphatic heterocycles. The van der Waals surface area contributed by atoms with Gasteiger partial charge in [0.1, 0.15) is 5.69 Å². The highest BCUT2D eigenvalue weighted by molar-refractivity contribution is 6.30. The fourth-order valence-electron chi connectivity index (χ4n) is 1.43. The predicted molar refractivity (Wildman–Crippen MR) is 63.7 cm³/mol. The number of carbonyl (C=O) groups excluding carboxylic acids is 1. The van der Waals surface area contributed by atoms with E-state index in [4.69, 9.17) is 11.6 Å². The van der Waals surface area contributed by atoms with Crippen LogP contribution in [0, 0.1) is 0 Å². The van der Waals surface area contributed by atoms with Crippen molar-refractivity contribution in [2.75, 3.05) is 0 Å². The van der Waals surface area contributed by atoms with Crippen LogP contribution in [0.2, 0.25) is 5.02 Å². The molecule has 2 rings (SSSR count). The van der Waals surface area contributed by atoms with Gasteiger partial charge in [-0.25, -0.2) is 0 Å². The van der Waals surface area contributed by atoms with E-state index in [-0.39, 0.29) is 5.78 Å². The average molecular weight is 232 g/mol. The van der Waals surface area contributed by atoms with E-state index in [9.17, 15) is 4.79 Å². The maximum absolute atomic E-state index is 11.8. The van der Waals surface area contributed by atoms with Crippen LogP contribution in [0.25, 0.3) is 0 Å². The number of nitrogens with zero attached hydrogens (tertiary/aromatic N) is 1. The van der Waals surface area contributed by atoms with Gasteiger partial charge in [0.15, 0.2) is 5.78 Å². The lowest BCUT2D eigenvalue weighted by Gasteiger charge is -2.00. The van der Waals surface area contributed by atoms with Crippen LogP contribution in [0.3, 0.4) is 0 Å². The molecular formula is C13H10ClNO. The third-order valence-corrected chi connectivity index (χ3v) is 2.45. The van der Waals surface area contributed by atoms with Crippen molar-refractivity contribution in [2.24, 2.45) is 0 Å². The third kappa shape index (κ3) is 2.67. The number of halogens is 1. The molecule has 0 aliphatic rings. The van der Waals surface area contributed by atoms with Gasteiger partial charge >= 0.3 is 0 Å². The van der Waals surface area contributed by atoms with E-state index in [1.807, 2.05) is 30.3 Å². The first kappa shape index (κ1) is 10.8. The van der Waals surface area contributed by atoms with Gasteiger partial charge in [0, 0.05) is 17.6 Å². The third-order valence-electron chi connectivity index (χ3n) is 2.22. The summed E-state index contributed by atoms with van der Waals surface area (Å²) >= 11 is 5.80. The number of rotatable bonds is 3. The minimum atomic E-state index is -0.0197. The second kappa shape index (κ2) is 4.90. The highest BCUT2D eigenvalue weighted by Crippen LogP contribution is 2.10. The number of benzene rings is 1. The molecule has 2 aromatic rings. The number of aromatic nitrogens is 1. The second-order valence-electron chi connectivity index (χ2n) is 3.44. The molecule has 0 aliphatic carbocycles. The predicted octanol–water partition coefficient (Wildman–Crippen LogP) is 3.16. The normalized spacial score (nSPS) is 10.1. The first-order valence-electron chi connectivity index (χ1n) is 4.94. The summed E-state index contributed by atoms with van der Waals surface area (Å²) in [6, 6.07) is 12.8. The van der Waals surface area contributed by atoms with E-state index in [0.29, 0.717) is 17.1 Å². The van der Waals surface area contributed by atoms with Gasteiger partial charge in [-0.1, -0.05) is 41.9 Å². The Hall–Kier alpha value is -1.67. The van der Waals surface area contributed by atoms with E-state index >= 15 is 0 Å². The summed E-state index contributed by atoms with van der Waals surface area (Å²) in [5.41, 5.74) is 1.39. The standard InChI is InChI=1S/C13H10ClNO/c14-11-6-7-15-12(9-11)13(16)8-10-4-2-1-3-5-10/h1-7,9H,8H2. The molecule has 0 atom stereocenters. The Kier molecular flexibility index (Phi) is 3.32. The van der Waals surface area contributed by atoms with Crippen molar-refractivity contribution in [3.05, 3.63) is 64.9 Å². The molecule has 0 saturated heterocycles. The lowest BCUT2D eigenvalue weighted by molar-refractivity contribution is 0.0988. The summed E-state index contributed by atoms with van der Waals surface area (Å²) < 4.78 is 0. The highest BCUT2D eigenvalue weighted by Gasteiger charge is 2.08. The molecule has 0 fully saturated rings. The lowest BCUT2D eigenvalue weighted by Crippen LogP contribution is -2.05. The topological polar surface area (TPSA) is 30.0 Å². The number of hydrogen-bond donors (Lipinski definition) is 0. The molecule has 0 saturated carbocycles. The molecule has 80 valence electrons. The SMILES string of the molecule is O=C(Cc1ccccc1)c1cc(Cl)ccn1. The van der Waals surface area contributed by atoms with E-state index < -0.39 is 0 Å². The van der Waals surface area contributed by atoms with Gasteiger partial charge in [-0.15, -0.1) is 0 Å². The quantitative estimate of drug-likeness (QED) is 0.760. The molecule has 0 spiro atoms. The van der Waals surface area contributed by atoms with Crippen LogP contribution in [-0.4, -0.2) is 10.8 Å². The summed E-state index contributed by atoms with van der Waals surface area (Å²) in [5.74, 6) is -0.0197. The minimum absolute atomic E-state index is 0.0197. The molecule has 0 N–H and O–H groups in total. The maximum atomic E-state index is 11.8. The smallest absolute Gasteiger partial charge is 0.185 e. The van der Waals surface area contributed by atoms with Crippen molar-refractivity contribution in [3.8, 4) is 0 Å². The number of ketones is 1. The van der Waals surface area contributed by atoms with Gasteiger partial charge in [0.25, 0.3) is 0 Å². The van der Waals surface area contributed by atoms with Crippen LogP contribution in [0.5, 0.6) is 0 Å². The second-order valence-corrected chi connectivity index (χ2v) is 3.88. The largest absolute Gasteiger partial charge is 0.292 e. The summed E-state index contributed by atoms with van der Waals surface area (Å²) in [7, 11) is 0. The van der Waals surface area contributed by atoms with Crippen molar-refractivity contribution in [3.63, 3.8) is 0 Å². The zero-order valence-corrected chi connectivity index (χ0v) is 9.32. The Balaban J connectivity index is 2.15. The molecular weight excluding hydrogens is 222 g/mol. The number of pyridine rings is 1. The van der Waals surface area contributed by atoms with Gasteiger partial charge in [-0.2, -0.15) is 0 Å². The molecule has 1 heterocycles. The Morgan fingerprint density at radius 2 is 1.94 bits per heavy atom. The van der Waals surface area contributed by atoms with Gasteiger partial charge in [0.05, 0.1) is 0 Å². The molecule has 0 radical (unpaired) electrons. The van der Waals surface area contributed by atoms with Gasteiger partial charge in [-0.05, 0) is 17.7 Å². The first-order valence-corrected chi connectivity index (χ1v) is 5.32. The summed E-state index contributed by atoms with van der Waals surface area (Å²) in [6.07, 6.45) is 1.90. The van der Waals surface area contributed by atoms with Crippen molar-refractivity contribution < 1.29 is 4.79 Å². The molecule has 0 amide bonds. The fourth-order valence-corrected chi connectivity index (χ4v) is 1.59. The number of carbonyl (C=O) groups is 1. The van der Waals surface area contributed by atoms with Crippen molar-refractivity contribution >= 4 is 17.4 Å². The molecule has 2 nitrogen and oxygen atoms in total. The van der Waals surface area contributed by atoms with Crippen LogP contribution in [-0.2, 0) is 6.42 Å². The zero-order valence-electron chi connectivity index (χ0n) is 8.56. The number of Topliss-reactive ketones (excluding diaryl/α,β-unsaturated/α-hetero) is 1. The summed E-state index contributed by atoms with van der Waals surface area (Å²) in [4.78, 5) is 15.8. The van der Waals surface area contributed by atoms with Crippen LogP contribution < -0.4 is 0 Å². The molecule has 3 heteroatoms.